The predicted octanol–water partition coefficient (Wildman–Crippen LogP) is 4.58. The van der Waals surface area contributed by atoms with Gasteiger partial charge < -0.3 is 0 Å². The molecule has 0 amide bonds. The molecule has 0 unspecified atom stereocenters. The van der Waals surface area contributed by atoms with Crippen molar-refractivity contribution in [3.63, 3.8) is 0 Å². The summed E-state index contributed by atoms with van der Waals surface area (Å²) in [5, 5.41) is 0. The van der Waals surface area contributed by atoms with Crippen LogP contribution in [0.4, 0.5) is 0 Å². The van der Waals surface area contributed by atoms with E-state index in [1.165, 1.54) is 38.5 Å². The maximum absolute atomic E-state index is 4.15. The first-order chi connectivity index (χ1) is 5.83. The van der Waals surface area contributed by atoms with Gasteiger partial charge in [0.1, 0.15) is 0 Å². The third kappa shape index (κ3) is 32.7. The van der Waals surface area contributed by atoms with E-state index in [1.807, 2.05) is 6.92 Å². The van der Waals surface area contributed by atoms with Gasteiger partial charge >= 0.3 is 0 Å². The molecule has 0 atom stereocenters. The molecular formula is C11H26S2. The van der Waals surface area contributed by atoms with Gasteiger partial charge in [0.25, 0.3) is 0 Å². The van der Waals surface area contributed by atoms with E-state index in [1.54, 1.807) is 6.08 Å². The Hall–Kier alpha value is 0.440. The van der Waals surface area contributed by atoms with Crippen molar-refractivity contribution in [2.24, 2.45) is 0 Å². The van der Waals surface area contributed by atoms with Crippen molar-refractivity contribution in [3.05, 3.63) is 12.7 Å². The van der Waals surface area contributed by atoms with Gasteiger partial charge in [-0.15, -0.1) is 6.58 Å². The van der Waals surface area contributed by atoms with Crippen LogP contribution in [0.25, 0.3) is 0 Å². The Kier molecular flexibility index (Phi) is 33.5. The second kappa shape index (κ2) is 22.9. The van der Waals surface area contributed by atoms with E-state index in [4.69, 9.17) is 0 Å². The topological polar surface area (TPSA) is 0 Å². The van der Waals surface area contributed by atoms with Crippen LogP contribution in [0.5, 0.6) is 0 Å². The summed E-state index contributed by atoms with van der Waals surface area (Å²) in [6.07, 6.45) is 10.0. The minimum Gasteiger partial charge on any atom is -0.197 e. The van der Waals surface area contributed by atoms with Crippen LogP contribution >= 0.6 is 26.1 Å². The van der Waals surface area contributed by atoms with Gasteiger partial charge in [0, 0.05) is 0 Å². The lowest BCUT2D eigenvalue weighted by Gasteiger charge is -1.95. The molecule has 82 valence electrons. The Morgan fingerprint density at radius 3 is 1.85 bits per heavy atom. The van der Waals surface area contributed by atoms with E-state index >= 15 is 0 Å². The van der Waals surface area contributed by atoms with Crippen molar-refractivity contribution in [2.45, 2.75) is 52.4 Å². The average Bonchev–Trinajstić information content (AvgIpc) is 2.06. The van der Waals surface area contributed by atoms with E-state index in [0.717, 1.165) is 5.75 Å². The average molecular weight is 222 g/mol. The molecule has 0 aliphatic heterocycles. The summed E-state index contributed by atoms with van der Waals surface area (Å²) in [6, 6.07) is 0. The van der Waals surface area contributed by atoms with Gasteiger partial charge in [-0.2, -0.15) is 26.1 Å². The third-order valence-electron chi connectivity index (χ3n) is 1.51. The van der Waals surface area contributed by atoms with Crippen molar-refractivity contribution in [1.82, 2.24) is 0 Å². The number of allylic oxidation sites excluding steroid dienone is 1. The minimum absolute atomic E-state index is 0. The standard InChI is InChI=1S/C8H18S.C3H6.H2S/c1-2-3-4-5-6-7-8-9;1-3-2;/h9H,2-8H2,1H3;3H,1H2,2H3;1H2. The molecule has 0 saturated heterocycles. The molecule has 0 aromatic heterocycles. The van der Waals surface area contributed by atoms with Crippen LogP contribution in [0.15, 0.2) is 12.7 Å². The van der Waals surface area contributed by atoms with Crippen molar-refractivity contribution in [2.75, 3.05) is 5.75 Å². The summed E-state index contributed by atoms with van der Waals surface area (Å²) in [4.78, 5) is 0. The van der Waals surface area contributed by atoms with Crippen LogP contribution in [0.2, 0.25) is 0 Å². The summed E-state index contributed by atoms with van der Waals surface area (Å²) in [5.74, 6) is 1.06. The van der Waals surface area contributed by atoms with E-state index in [0.29, 0.717) is 0 Å². The molecule has 0 aromatic rings. The number of unbranched alkanes of at least 4 members (excludes halogenated alkanes) is 5. The van der Waals surface area contributed by atoms with E-state index in [2.05, 4.69) is 26.1 Å². The molecule has 0 rings (SSSR count). The highest BCUT2D eigenvalue weighted by molar-refractivity contribution is 7.80. The van der Waals surface area contributed by atoms with Gasteiger partial charge in [-0.25, -0.2) is 0 Å². The lowest BCUT2D eigenvalue weighted by atomic mass is 10.1. The van der Waals surface area contributed by atoms with E-state index in [-0.39, 0.29) is 13.5 Å². The quantitative estimate of drug-likeness (QED) is 0.379. The summed E-state index contributed by atoms with van der Waals surface area (Å²) in [7, 11) is 0. The summed E-state index contributed by atoms with van der Waals surface area (Å²) in [5.41, 5.74) is 0. The molecule has 0 nitrogen and oxygen atoms in total. The van der Waals surface area contributed by atoms with Crippen LogP contribution in [-0.2, 0) is 0 Å². The normalized spacial score (nSPS) is 7.92. The maximum Gasteiger partial charge on any atom is -0.00979 e. The van der Waals surface area contributed by atoms with Gasteiger partial charge in [-0.3, -0.25) is 0 Å². The van der Waals surface area contributed by atoms with Crippen LogP contribution < -0.4 is 0 Å². The van der Waals surface area contributed by atoms with E-state index in [9.17, 15) is 0 Å². The summed E-state index contributed by atoms with van der Waals surface area (Å²) in [6.45, 7) is 7.50. The molecule has 2 heteroatoms. The van der Waals surface area contributed by atoms with Crippen molar-refractivity contribution in [3.8, 4) is 0 Å². The monoisotopic (exact) mass is 222 g/mol. The fourth-order valence-electron chi connectivity index (χ4n) is 0.892. The second-order valence-electron chi connectivity index (χ2n) is 2.90. The Balaban J connectivity index is -0.000000220. The Morgan fingerprint density at radius 1 is 1.08 bits per heavy atom. The Bertz CT molecular complexity index is 66.5. The Labute approximate surface area is 97.1 Å². The molecule has 0 aliphatic carbocycles. The predicted molar refractivity (Wildman–Crippen MR) is 73.5 cm³/mol. The molecule has 0 N–H and O–H groups in total. The van der Waals surface area contributed by atoms with Crippen molar-refractivity contribution >= 4 is 26.1 Å². The smallest absolute Gasteiger partial charge is 0.00979 e. The van der Waals surface area contributed by atoms with Crippen LogP contribution in [-0.4, -0.2) is 5.75 Å². The lowest BCUT2D eigenvalue weighted by Crippen LogP contribution is -1.78. The number of rotatable bonds is 6. The van der Waals surface area contributed by atoms with Crippen molar-refractivity contribution in [1.29, 1.82) is 0 Å². The van der Waals surface area contributed by atoms with Gasteiger partial charge in [-0.05, 0) is 19.1 Å². The fourth-order valence-corrected chi connectivity index (χ4v) is 1.12. The fraction of sp³-hybridized carbons (Fsp3) is 0.818. The van der Waals surface area contributed by atoms with Gasteiger partial charge in [-0.1, -0.05) is 45.1 Å². The van der Waals surface area contributed by atoms with E-state index < -0.39 is 0 Å². The minimum atomic E-state index is 0. The highest BCUT2D eigenvalue weighted by atomic mass is 32.1. The largest absolute Gasteiger partial charge is 0.197 e. The SMILES string of the molecule is C=CC.CCCCCCCCS.S. The highest BCUT2D eigenvalue weighted by Gasteiger charge is 1.86. The molecule has 0 aliphatic rings. The van der Waals surface area contributed by atoms with Gasteiger partial charge in [0.2, 0.25) is 0 Å². The number of thiol groups is 1. The summed E-state index contributed by atoms with van der Waals surface area (Å²) < 4.78 is 0. The molecule has 0 saturated carbocycles. The first kappa shape index (κ1) is 19.1. The van der Waals surface area contributed by atoms with Gasteiger partial charge in [0.05, 0.1) is 0 Å². The van der Waals surface area contributed by atoms with Crippen LogP contribution in [0.3, 0.4) is 0 Å². The molecular weight excluding hydrogens is 196 g/mol. The van der Waals surface area contributed by atoms with Crippen molar-refractivity contribution < 1.29 is 0 Å². The molecule has 0 heterocycles. The molecule has 0 spiro atoms. The molecule has 0 radical (unpaired) electrons. The second-order valence-corrected chi connectivity index (χ2v) is 3.35. The Morgan fingerprint density at radius 2 is 1.46 bits per heavy atom. The maximum atomic E-state index is 4.15. The van der Waals surface area contributed by atoms with Crippen LogP contribution in [0.1, 0.15) is 52.4 Å². The lowest BCUT2D eigenvalue weighted by molar-refractivity contribution is 0.627. The number of hydrogen-bond donors (Lipinski definition) is 1. The zero-order valence-electron chi connectivity index (χ0n) is 9.18. The first-order valence-corrected chi connectivity index (χ1v) is 5.64. The van der Waals surface area contributed by atoms with Gasteiger partial charge in [0.15, 0.2) is 0 Å². The molecule has 0 fully saturated rings. The zero-order valence-corrected chi connectivity index (χ0v) is 11.1. The molecule has 13 heavy (non-hydrogen) atoms. The summed E-state index contributed by atoms with van der Waals surface area (Å²) >= 11 is 4.15. The number of hydrogen-bond acceptors (Lipinski definition) is 1. The first-order valence-electron chi connectivity index (χ1n) is 5.01. The highest BCUT2D eigenvalue weighted by Crippen LogP contribution is 2.04. The third-order valence-corrected chi connectivity index (χ3v) is 1.83. The van der Waals surface area contributed by atoms with Crippen LogP contribution in [0, 0.1) is 0 Å². The zero-order chi connectivity index (χ0) is 9.66. The molecule has 0 aromatic carbocycles. The molecule has 0 bridgehead atoms.